The molecule has 102 valence electrons. The second-order valence-corrected chi connectivity index (χ2v) is 6.02. The zero-order valence-corrected chi connectivity index (χ0v) is 11.9. The smallest absolute Gasteiger partial charge is 0.232 e. The third kappa shape index (κ3) is 6.75. The van der Waals surface area contributed by atoms with Crippen molar-refractivity contribution in [1.29, 1.82) is 0 Å². The van der Waals surface area contributed by atoms with Gasteiger partial charge in [0, 0.05) is 36.2 Å². The molecule has 0 rings (SSSR count). The Kier molecular flexibility index (Phi) is 7.58. The van der Waals surface area contributed by atoms with E-state index in [4.69, 9.17) is 10.5 Å². The molecule has 0 fully saturated rings. The SMILES string of the molecule is CCCNC(=O)CS(=O)CC(N)C(C)(C)OC. The van der Waals surface area contributed by atoms with Crippen molar-refractivity contribution in [2.24, 2.45) is 5.73 Å². The highest BCUT2D eigenvalue weighted by Crippen LogP contribution is 2.12. The van der Waals surface area contributed by atoms with Crippen LogP contribution in [0.1, 0.15) is 27.2 Å². The molecule has 0 bridgehead atoms. The summed E-state index contributed by atoms with van der Waals surface area (Å²) in [6.07, 6.45) is 0.870. The van der Waals surface area contributed by atoms with Crippen molar-refractivity contribution in [1.82, 2.24) is 5.32 Å². The Bertz CT molecular complexity index is 269. The highest BCUT2D eigenvalue weighted by molar-refractivity contribution is 7.85. The maximum atomic E-state index is 11.7. The van der Waals surface area contributed by atoms with Crippen molar-refractivity contribution >= 4 is 16.7 Å². The van der Waals surface area contributed by atoms with E-state index in [2.05, 4.69) is 5.32 Å². The highest BCUT2D eigenvalue weighted by atomic mass is 32.2. The van der Waals surface area contributed by atoms with Gasteiger partial charge in [0.25, 0.3) is 0 Å². The molecular weight excluding hydrogens is 240 g/mol. The quantitative estimate of drug-likeness (QED) is 0.647. The summed E-state index contributed by atoms with van der Waals surface area (Å²) in [5.41, 5.74) is 5.36. The van der Waals surface area contributed by atoms with Gasteiger partial charge in [-0.25, -0.2) is 0 Å². The summed E-state index contributed by atoms with van der Waals surface area (Å²) in [6.45, 7) is 6.26. The number of carbonyl (C=O) groups excluding carboxylic acids is 1. The van der Waals surface area contributed by atoms with Crippen LogP contribution < -0.4 is 11.1 Å². The van der Waals surface area contributed by atoms with Gasteiger partial charge in [0.2, 0.25) is 5.91 Å². The lowest BCUT2D eigenvalue weighted by molar-refractivity contribution is -0.118. The number of hydrogen-bond donors (Lipinski definition) is 2. The van der Waals surface area contributed by atoms with Crippen LogP contribution in [-0.4, -0.2) is 46.9 Å². The number of carbonyl (C=O) groups is 1. The van der Waals surface area contributed by atoms with E-state index in [1.807, 2.05) is 20.8 Å². The normalized spacial score (nSPS) is 15.4. The molecule has 0 spiro atoms. The molecule has 17 heavy (non-hydrogen) atoms. The minimum atomic E-state index is -1.25. The number of nitrogens with one attached hydrogen (secondary N) is 1. The lowest BCUT2D eigenvalue weighted by Crippen LogP contribution is -2.48. The Hall–Kier alpha value is -0.460. The Morgan fingerprint density at radius 1 is 1.53 bits per heavy atom. The molecule has 0 heterocycles. The van der Waals surface area contributed by atoms with Crippen LogP contribution in [0.15, 0.2) is 0 Å². The first-order valence-corrected chi connectivity index (χ1v) is 7.24. The van der Waals surface area contributed by atoms with Crippen LogP contribution in [0.4, 0.5) is 0 Å². The van der Waals surface area contributed by atoms with Crippen molar-refractivity contribution in [3.63, 3.8) is 0 Å². The molecule has 0 aromatic carbocycles. The van der Waals surface area contributed by atoms with E-state index in [1.54, 1.807) is 7.11 Å². The molecule has 0 aromatic heterocycles. The fourth-order valence-corrected chi connectivity index (χ4v) is 2.39. The van der Waals surface area contributed by atoms with Crippen LogP contribution in [0.5, 0.6) is 0 Å². The zero-order valence-electron chi connectivity index (χ0n) is 11.1. The third-order valence-corrected chi connectivity index (χ3v) is 3.96. The summed E-state index contributed by atoms with van der Waals surface area (Å²) in [4.78, 5) is 11.3. The number of methoxy groups -OCH3 is 1. The van der Waals surface area contributed by atoms with E-state index in [0.717, 1.165) is 6.42 Å². The second kappa shape index (κ2) is 7.79. The van der Waals surface area contributed by atoms with Crippen molar-refractivity contribution < 1.29 is 13.7 Å². The molecule has 5 nitrogen and oxygen atoms in total. The molecule has 0 saturated carbocycles. The second-order valence-electron chi connectivity index (χ2n) is 4.51. The van der Waals surface area contributed by atoms with Crippen LogP contribution in [0.3, 0.4) is 0 Å². The van der Waals surface area contributed by atoms with Crippen molar-refractivity contribution in [2.75, 3.05) is 25.2 Å². The van der Waals surface area contributed by atoms with Gasteiger partial charge in [0.15, 0.2) is 0 Å². The van der Waals surface area contributed by atoms with Gasteiger partial charge in [0.1, 0.15) is 5.75 Å². The van der Waals surface area contributed by atoms with Gasteiger partial charge in [-0.1, -0.05) is 6.92 Å². The summed E-state index contributed by atoms with van der Waals surface area (Å²) >= 11 is 0. The van der Waals surface area contributed by atoms with Crippen molar-refractivity contribution in [3.05, 3.63) is 0 Å². The highest BCUT2D eigenvalue weighted by Gasteiger charge is 2.27. The zero-order chi connectivity index (χ0) is 13.5. The minimum Gasteiger partial charge on any atom is -0.377 e. The van der Waals surface area contributed by atoms with Crippen LogP contribution in [0.2, 0.25) is 0 Å². The number of nitrogens with two attached hydrogens (primary N) is 1. The van der Waals surface area contributed by atoms with E-state index >= 15 is 0 Å². The summed E-state index contributed by atoms with van der Waals surface area (Å²) in [5.74, 6) is 0.0843. The molecular formula is C11H24N2O3S. The Morgan fingerprint density at radius 3 is 2.59 bits per heavy atom. The Balaban J connectivity index is 4.06. The lowest BCUT2D eigenvalue weighted by Gasteiger charge is -2.29. The average Bonchev–Trinajstić information content (AvgIpc) is 2.25. The summed E-state index contributed by atoms with van der Waals surface area (Å²) < 4.78 is 16.9. The Morgan fingerprint density at radius 2 is 2.12 bits per heavy atom. The molecule has 2 atom stereocenters. The molecule has 2 unspecified atom stereocenters. The van der Waals surface area contributed by atoms with Crippen LogP contribution >= 0.6 is 0 Å². The monoisotopic (exact) mass is 264 g/mol. The van der Waals surface area contributed by atoms with Gasteiger partial charge in [0.05, 0.1) is 5.60 Å². The van der Waals surface area contributed by atoms with Crippen LogP contribution in [0, 0.1) is 0 Å². The van der Waals surface area contributed by atoms with E-state index in [1.165, 1.54) is 0 Å². The van der Waals surface area contributed by atoms with Gasteiger partial charge >= 0.3 is 0 Å². The minimum absolute atomic E-state index is 0.00743. The standard InChI is InChI=1S/C11H24N2O3S/c1-5-6-13-10(14)8-17(15)7-9(12)11(2,3)16-4/h9H,5-8,12H2,1-4H3,(H,13,14). The van der Waals surface area contributed by atoms with E-state index < -0.39 is 16.4 Å². The van der Waals surface area contributed by atoms with E-state index in [0.29, 0.717) is 6.54 Å². The molecule has 1 amide bonds. The topological polar surface area (TPSA) is 81.4 Å². The van der Waals surface area contributed by atoms with Crippen molar-refractivity contribution in [3.8, 4) is 0 Å². The molecule has 0 saturated heterocycles. The molecule has 0 aromatic rings. The largest absolute Gasteiger partial charge is 0.377 e. The van der Waals surface area contributed by atoms with E-state index in [9.17, 15) is 9.00 Å². The Labute approximate surface area is 106 Å². The molecule has 0 aliphatic rings. The number of hydrogen-bond acceptors (Lipinski definition) is 4. The fraction of sp³-hybridized carbons (Fsp3) is 0.909. The van der Waals surface area contributed by atoms with Crippen LogP contribution in [-0.2, 0) is 20.3 Å². The first kappa shape index (κ1) is 16.5. The first-order valence-electron chi connectivity index (χ1n) is 5.75. The average molecular weight is 264 g/mol. The van der Waals surface area contributed by atoms with Gasteiger partial charge in [-0.2, -0.15) is 0 Å². The maximum Gasteiger partial charge on any atom is 0.232 e. The molecule has 0 radical (unpaired) electrons. The van der Waals surface area contributed by atoms with Gasteiger partial charge in [-0.3, -0.25) is 9.00 Å². The fourth-order valence-electron chi connectivity index (χ4n) is 1.07. The predicted molar refractivity (Wildman–Crippen MR) is 70.2 cm³/mol. The van der Waals surface area contributed by atoms with Crippen molar-refractivity contribution in [2.45, 2.75) is 38.8 Å². The van der Waals surface area contributed by atoms with Gasteiger partial charge in [-0.05, 0) is 20.3 Å². The van der Waals surface area contributed by atoms with E-state index in [-0.39, 0.29) is 23.5 Å². The maximum absolute atomic E-state index is 11.7. The molecule has 0 aliphatic carbocycles. The lowest BCUT2D eigenvalue weighted by atomic mass is 10.0. The van der Waals surface area contributed by atoms with Crippen LogP contribution in [0.25, 0.3) is 0 Å². The number of rotatable bonds is 8. The summed E-state index contributed by atoms with van der Waals surface area (Å²) in [6, 6.07) is -0.354. The van der Waals surface area contributed by atoms with Gasteiger partial charge < -0.3 is 15.8 Å². The van der Waals surface area contributed by atoms with Gasteiger partial charge in [-0.15, -0.1) is 0 Å². The first-order chi connectivity index (χ1) is 7.83. The third-order valence-electron chi connectivity index (χ3n) is 2.65. The summed E-state index contributed by atoms with van der Waals surface area (Å²) in [7, 11) is 0.317. The molecule has 6 heteroatoms. The predicted octanol–water partition coefficient (Wildman–Crippen LogP) is 0.0136. The summed E-state index contributed by atoms with van der Waals surface area (Å²) in [5, 5.41) is 2.69. The number of ether oxygens (including phenoxy) is 1. The number of amides is 1. The molecule has 3 N–H and O–H groups in total. The molecule has 0 aliphatic heterocycles.